The van der Waals surface area contributed by atoms with Gasteiger partial charge in [0.15, 0.2) is 0 Å². The van der Waals surface area contributed by atoms with E-state index in [1.165, 1.54) is 11.1 Å². The minimum atomic E-state index is 0.305. The normalized spacial score (nSPS) is 15.9. The Morgan fingerprint density at radius 1 is 1.22 bits per heavy atom. The van der Waals surface area contributed by atoms with Crippen molar-refractivity contribution in [3.8, 4) is 0 Å². The number of hydrogen-bond donors (Lipinski definition) is 1. The van der Waals surface area contributed by atoms with E-state index in [4.69, 9.17) is 9.47 Å². The summed E-state index contributed by atoms with van der Waals surface area (Å²) in [6, 6.07) is 9.26. The molecule has 0 unspecified atom stereocenters. The van der Waals surface area contributed by atoms with Gasteiger partial charge in [0, 0.05) is 6.04 Å². The van der Waals surface area contributed by atoms with E-state index in [0.717, 1.165) is 26.2 Å². The van der Waals surface area contributed by atoms with Gasteiger partial charge < -0.3 is 14.8 Å². The van der Waals surface area contributed by atoms with Crippen LogP contribution in [0.2, 0.25) is 0 Å². The molecule has 0 spiro atoms. The average Bonchev–Trinajstić information content (AvgIpc) is 2.28. The van der Waals surface area contributed by atoms with Crippen LogP contribution in [0.25, 0.3) is 0 Å². The summed E-state index contributed by atoms with van der Waals surface area (Å²) >= 11 is 0. The summed E-state index contributed by atoms with van der Waals surface area (Å²) < 4.78 is 10.8. The molecule has 100 valence electrons. The van der Waals surface area contributed by atoms with Crippen molar-refractivity contribution >= 4 is 0 Å². The van der Waals surface area contributed by atoms with Crippen LogP contribution in [0.15, 0.2) is 24.3 Å². The number of ether oxygens (including phenoxy) is 2. The Balaban J connectivity index is 1.70. The monoisotopic (exact) mass is 249 g/mol. The van der Waals surface area contributed by atoms with Crippen molar-refractivity contribution in [3.63, 3.8) is 0 Å². The molecule has 1 aromatic carbocycles. The van der Waals surface area contributed by atoms with Gasteiger partial charge in [-0.25, -0.2) is 0 Å². The second-order valence-corrected chi connectivity index (χ2v) is 5.15. The molecule has 1 aliphatic rings. The molecule has 0 bridgehead atoms. The molecule has 3 nitrogen and oxygen atoms in total. The molecule has 1 saturated heterocycles. The molecular weight excluding hydrogens is 226 g/mol. The largest absolute Gasteiger partial charge is 0.376 e. The fourth-order valence-corrected chi connectivity index (χ4v) is 1.83. The predicted molar refractivity (Wildman–Crippen MR) is 72.7 cm³/mol. The molecule has 1 aliphatic heterocycles. The Hall–Kier alpha value is -0.900. The molecule has 0 atom stereocenters. The van der Waals surface area contributed by atoms with Crippen molar-refractivity contribution in [3.05, 3.63) is 35.4 Å². The van der Waals surface area contributed by atoms with Crippen LogP contribution in [0.4, 0.5) is 0 Å². The smallest absolute Gasteiger partial charge is 0.105 e. The fraction of sp³-hybridized carbons (Fsp3) is 0.600. The summed E-state index contributed by atoms with van der Waals surface area (Å²) in [4.78, 5) is 0. The summed E-state index contributed by atoms with van der Waals surface area (Å²) in [6.07, 6.45) is 1.38. The molecule has 1 fully saturated rings. The minimum absolute atomic E-state index is 0.305. The molecular formula is C15H23NO2. The van der Waals surface area contributed by atoms with E-state index in [1.807, 2.05) is 0 Å². The SMILES string of the molecule is CC(C)NCCc1ccc(COC2COC2)cc1. The van der Waals surface area contributed by atoms with Gasteiger partial charge in [-0.1, -0.05) is 38.1 Å². The highest BCUT2D eigenvalue weighted by Gasteiger charge is 2.18. The second-order valence-electron chi connectivity index (χ2n) is 5.15. The van der Waals surface area contributed by atoms with Crippen molar-refractivity contribution in [2.75, 3.05) is 19.8 Å². The molecule has 2 rings (SSSR count). The zero-order valence-electron chi connectivity index (χ0n) is 11.3. The fourth-order valence-electron chi connectivity index (χ4n) is 1.83. The van der Waals surface area contributed by atoms with Crippen molar-refractivity contribution < 1.29 is 9.47 Å². The van der Waals surface area contributed by atoms with Crippen LogP contribution in [-0.4, -0.2) is 31.9 Å². The first kappa shape index (κ1) is 13.5. The maximum absolute atomic E-state index is 5.68. The first-order valence-corrected chi connectivity index (χ1v) is 6.74. The molecule has 0 amide bonds. The van der Waals surface area contributed by atoms with Crippen LogP contribution in [-0.2, 0) is 22.5 Å². The highest BCUT2D eigenvalue weighted by atomic mass is 16.6. The van der Waals surface area contributed by atoms with Crippen LogP contribution in [0.5, 0.6) is 0 Å². The van der Waals surface area contributed by atoms with Gasteiger partial charge >= 0.3 is 0 Å². The van der Waals surface area contributed by atoms with Gasteiger partial charge in [-0.15, -0.1) is 0 Å². The van der Waals surface area contributed by atoms with E-state index in [1.54, 1.807) is 0 Å². The van der Waals surface area contributed by atoms with Crippen LogP contribution in [0.3, 0.4) is 0 Å². The molecule has 18 heavy (non-hydrogen) atoms. The lowest BCUT2D eigenvalue weighted by molar-refractivity contribution is -0.135. The van der Waals surface area contributed by atoms with Crippen LogP contribution < -0.4 is 5.32 Å². The Morgan fingerprint density at radius 3 is 2.44 bits per heavy atom. The van der Waals surface area contributed by atoms with E-state index in [9.17, 15) is 0 Å². The number of benzene rings is 1. The Labute approximate surface area is 109 Å². The van der Waals surface area contributed by atoms with Gasteiger partial charge in [0.25, 0.3) is 0 Å². The number of rotatable bonds is 7. The summed E-state index contributed by atoms with van der Waals surface area (Å²) in [5, 5.41) is 3.43. The third-order valence-electron chi connectivity index (χ3n) is 3.08. The highest BCUT2D eigenvalue weighted by molar-refractivity contribution is 5.22. The van der Waals surface area contributed by atoms with Crippen molar-refractivity contribution in [1.29, 1.82) is 0 Å². The lowest BCUT2D eigenvalue weighted by atomic mass is 10.1. The standard InChI is InChI=1S/C15H23NO2/c1-12(2)16-8-7-13-3-5-14(6-4-13)9-18-15-10-17-11-15/h3-6,12,15-16H,7-11H2,1-2H3. The topological polar surface area (TPSA) is 30.5 Å². The highest BCUT2D eigenvalue weighted by Crippen LogP contribution is 2.11. The summed E-state index contributed by atoms with van der Waals surface area (Å²) in [5.74, 6) is 0. The molecule has 1 heterocycles. The van der Waals surface area contributed by atoms with E-state index < -0.39 is 0 Å². The molecule has 0 aliphatic carbocycles. The van der Waals surface area contributed by atoms with Gasteiger partial charge in [-0.3, -0.25) is 0 Å². The minimum Gasteiger partial charge on any atom is -0.376 e. The summed E-state index contributed by atoms with van der Waals surface area (Å²) in [6.45, 7) is 7.57. The molecule has 1 N–H and O–H groups in total. The third kappa shape index (κ3) is 4.41. The predicted octanol–water partition coefficient (Wildman–Crippen LogP) is 2.14. The van der Waals surface area contributed by atoms with E-state index >= 15 is 0 Å². The zero-order valence-corrected chi connectivity index (χ0v) is 11.3. The second kappa shape index (κ2) is 6.88. The van der Waals surface area contributed by atoms with Crippen LogP contribution >= 0.6 is 0 Å². The number of hydrogen-bond acceptors (Lipinski definition) is 3. The zero-order chi connectivity index (χ0) is 12.8. The maximum atomic E-state index is 5.68. The van der Waals surface area contributed by atoms with Gasteiger partial charge in [0.05, 0.1) is 19.8 Å². The van der Waals surface area contributed by atoms with Gasteiger partial charge in [-0.05, 0) is 24.1 Å². The molecule has 0 aromatic heterocycles. The lowest BCUT2D eigenvalue weighted by Crippen LogP contribution is -2.35. The van der Waals surface area contributed by atoms with Gasteiger partial charge in [-0.2, -0.15) is 0 Å². The molecule has 3 heteroatoms. The maximum Gasteiger partial charge on any atom is 0.105 e. The first-order valence-electron chi connectivity index (χ1n) is 6.74. The van der Waals surface area contributed by atoms with Crippen LogP contribution in [0, 0.1) is 0 Å². The van der Waals surface area contributed by atoms with E-state index in [-0.39, 0.29) is 0 Å². The molecule has 0 saturated carbocycles. The quantitative estimate of drug-likeness (QED) is 0.803. The van der Waals surface area contributed by atoms with Crippen LogP contribution in [0.1, 0.15) is 25.0 Å². The lowest BCUT2D eigenvalue weighted by Gasteiger charge is -2.25. The summed E-state index contributed by atoms with van der Waals surface area (Å²) in [5.41, 5.74) is 2.61. The summed E-state index contributed by atoms with van der Waals surface area (Å²) in [7, 11) is 0. The van der Waals surface area contributed by atoms with Crippen molar-refractivity contribution in [2.45, 2.75) is 39.0 Å². The van der Waals surface area contributed by atoms with E-state index in [2.05, 4.69) is 43.4 Å². The molecule has 0 radical (unpaired) electrons. The Bertz CT molecular complexity index is 344. The van der Waals surface area contributed by atoms with Crippen molar-refractivity contribution in [2.24, 2.45) is 0 Å². The van der Waals surface area contributed by atoms with E-state index in [0.29, 0.717) is 18.8 Å². The van der Waals surface area contributed by atoms with Gasteiger partial charge in [0.2, 0.25) is 0 Å². The Kier molecular flexibility index (Phi) is 5.17. The average molecular weight is 249 g/mol. The first-order chi connectivity index (χ1) is 8.74. The third-order valence-corrected chi connectivity index (χ3v) is 3.08. The Morgan fingerprint density at radius 2 is 1.89 bits per heavy atom. The molecule has 1 aromatic rings. The van der Waals surface area contributed by atoms with Crippen molar-refractivity contribution in [1.82, 2.24) is 5.32 Å². The van der Waals surface area contributed by atoms with Gasteiger partial charge in [0.1, 0.15) is 6.10 Å². The number of nitrogens with one attached hydrogen (secondary N) is 1.